The summed E-state index contributed by atoms with van der Waals surface area (Å²) in [6, 6.07) is 9.96. The first-order valence-corrected chi connectivity index (χ1v) is 12.1. The lowest BCUT2D eigenvalue weighted by atomic mass is 9.89. The predicted molar refractivity (Wildman–Crippen MR) is 122 cm³/mol. The topological polar surface area (TPSA) is 97.9 Å². The number of sulfonamides is 1. The van der Waals surface area contributed by atoms with Crippen LogP contribution in [0, 0.1) is 0 Å². The quantitative estimate of drug-likeness (QED) is 0.610. The molecule has 0 saturated heterocycles. The molecule has 4 rings (SSSR count). The third-order valence-electron chi connectivity index (χ3n) is 5.71. The van der Waals surface area contributed by atoms with E-state index in [2.05, 4.69) is 4.98 Å². The van der Waals surface area contributed by atoms with Crippen LogP contribution in [0.25, 0.3) is 10.9 Å². The van der Waals surface area contributed by atoms with Gasteiger partial charge in [-0.1, -0.05) is 0 Å². The number of pyridine rings is 1. The van der Waals surface area contributed by atoms with Crippen LogP contribution in [0.4, 0.5) is 0 Å². The maximum absolute atomic E-state index is 13.1. The number of aromatic nitrogens is 1. The first-order chi connectivity index (χ1) is 15.3. The summed E-state index contributed by atoms with van der Waals surface area (Å²) in [7, 11) is -0.529. The lowest BCUT2D eigenvalue weighted by Crippen LogP contribution is -2.42. The zero-order valence-corrected chi connectivity index (χ0v) is 19.3. The molecule has 1 aliphatic rings. The van der Waals surface area contributed by atoms with Crippen molar-refractivity contribution in [3.63, 3.8) is 0 Å². The predicted octanol–water partition coefficient (Wildman–Crippen LogP) is 2.85. The number of hydrogen-bond acceptors (Lipinski definition) is 6. The number of aromatic amines is 1. The van der Waals surface area contributed by atoms with E-state index in [1.807, 2.05) is 19.1 Å². The molecule has 0 radical (unpaired) electrons. The van der Waals surface area contributed by atoms with Crippen LogP contribution in [-0.2, 0) is 16.4 Å². The molecule has 0 amide bonds. The van der Waals surface area contributed by atoms with Crippen molar-refractivity contribution in [3.05, 3.63) is 63.4 Å². The third-order valence-corrected chi connectivity index (χ3v) is 6.95. The zero-order valence-electron chi connectivity index (χ0n) is 18.5. The Morgan fingerprint density at radius 3 is 2.44 bits per heavy atom. The fraction of sp³-hybridized carbons (Fsp3) is 0.348. The number of fused-ring (bicyclic) bond motifs is 2. The second-order valence-corrected chi connectivity index (χ2v) is 9.60. The van der Waals surface area contributed by atoms with E-state index in [-0.39, 0.29) is 12.1 Å². The number of methoxy groups -OCH3 is 2. The Bertz CT molecular complexity index is 1330. The fourth-order valence-corrected chi connectivity index (χ4v) is 5.30. The molecule has 1 N–H and O–H groups in total. The number of nitrogens with zero attached hydrogens (tertiary/aromatic N) is 1. The van der Waals surface area contributed by atoms with Crippen molar-refractivity contribution in [2.75, 3.05) is 33.6 Å². The van der Waals surface area contributed by atoms with Gasteiger partial charge < -0.3 is 19.2 Å². The number of hydrogen-bond donors (Lipinski definition) is 1. The third kappa shape index (κ3) is 3.93. The summed E-state index contributed by atoms with van der Waals surface area (Å²) in [5.74, 6) is 1.71. The molecule has 1 atom stereocenters. The Labute approximate surface area is 186 Å². The summed E-state index contributed by atoms with van der Waals surface area (Å²) >= 11 is 0. The summed E-state index contributed by atoms with van der Waals surface area (Å²) in [5, 5.41) is 0.756. The van der Waals surface area contributed by atoms with E-state index in [9.17, 15) is 13.2 Å². The molecule has 8 nitrogen and oxygen atoms in total. The van der Waals surface area contributed by atoms with Crippen LogP contribution in [0.2, 0.25) is 0 Å². The second-order valence-electron chi connectivity index (χ2n) is 7.67. The standard InChI is InChI=1S/C23H26N2O6S/c1-5-31-16-6-7-19-15(10-16)11-18(23(26)24-19)22-17-13-21(30-3)20(29-2)12-14(17)8-9-25(22)32(4,27)28/h6-7,10-13,22H,5,8-9H2,1-4H3,(H,24,26)/t22-/m1/s1. The van der Waals surface area contributed by atoms with Gasteiger partial charge in [0.1, 0.15) is 5.75 Å². The van der Waals surface area contributed by atoms with E-state index in [4.69, 9.17) is 14.2 Å². The van der Waals surface area contributed by atoms with Crippen molar-refractivity contribution < 1.29 is 22.6 Å². The SMILES string of the molecule is CCOc1ccc2[nH]c(=O)c([C@H]3c4cc(OC)c(OC)cc4CCN3S(C)(=O)=O)cc2c1. The fourth-order valence-electron chi connectivity index (χ4n) is 4.26. The van der Waals surface area contributed by atoms with Crippen molar-refractivity contribution in [2.24, 2.45) is 0 Å². The number of rotatable bonds is 6. The highest BCUT2D eigenvalue weighted by Crippen LogP contribution is 2.41. The molecule has 0 fully saturated rings. The van der Waals surface area contributed by atoms with E-state index in [1.54, 1.807) is 31.4 Å². The monoisotopic (exact) mass is 458 g/mol. The van der Waals surface area contributed by atoms with E-state index in [1.165, 1.54) is 11.4 Å². The van der Waals surface area contributed by atoms with Crippen molar-refractivity contribution in [3.8, 4) is 17.2 Å². The molecule has 3 aromatic rings. The summed E-state index contributed by atoms with van der Waals surface area (Å²) in [6.45, 7) is 2.66. The van der Waals surface area contributed by atoms with E-state index in [0.29, 0.717) is 46.9 Å². The molecule has 0 saturated carbocycles. The molecule has 2 heterocycles. The largest absolute Gasteiger partial charge is 0.494 e. The maximum Gasteiger partial charge on any atom is 0.253 e. The lowest BCUT2D eigenvalue weighted by Gasteiger charge is -2.36. The lowest BCUT2D eigenvalue weighted by molar-refractivity contribution is 0.332. The molecule has 0 bridgehead atoms. The van der Waals surface area contributed by atoms with Crippen LogP contribution in [0.5, 0.6) is 17.2 Å². The van der Waals surface area contributed by atoms with Crippen LogP contribution in [0.15, 0.2) is 41.2 Å². The first-order valence-electron chi connectivity index (χ1n) is 10.3. The van der Waals surface area contributed by atoms with Gasteiger partial charge in [0.05, 0.1) is 33.1 Å². The molecule has 2 aromatic carbocycles. The zero-order chi connectivity index (χ0) is 23.0. The van der Waals surface area contributed by atoms with Gasteiger partial charge in [0.15, 0.2) is 11.5 Å². The Balaban J connectivity index is 1.97. The van der Waals surface area contributed by atoms with Gasteiger partial charge in [-0.3, -0.25) is 4.79 Å². The molecular weight excluding hydrogens is 432 g/mol. The summed E-state index contributed by atoms with van der Waals surface area (Å²) in [6.07, 6.45) is 1.66. The van der Waals surface area contributed by atoms with Crippen molar-refractivity contribution in [1.82, 2.24) is 9.29 Å². The Hall–Kier alpha value is -3.04. The average molecular weight is 459 g/mol. The van der Waals surface area contributed by atoms with Gasteiger partial charge in [-0.25, -0.2) is 8.42 Å². The highest BCUT2D eigenvalue weighted by Gasteiger charge is 2.37. The van der Waals surface area contributed by atoms with Gasteiger partial charge in [-0.05, 0) is 60.9 Å². The van der Waals surface area contributed by atoms with Gasteiger partial charge in [0.25, 0.3) is 5.56 Å². The van der Waals surface area contributed by atoms with Crippen LogP contribution in [-0.4, -0.2) is 51.3 Å². The molecular formula is C23H26N2O6S. The normalized spacial score (nSPS) is 16.6. The van der Waals surface area contributed by atoms with Gasteiger partial charge in [0, 0.05) is 23.0 Å². The van der Waals surface area contributed by atoms with Crippen molar-refractivity contribution in [2.45, 2.75) is 19.4 Å². The highest BCUT2D eigenvalue weighted by atomic mass is 32.2. The number of benzene rings is 2. The summed E-state index contributed by atoms with van der Waals surface area (Å²) < 4.78 is 43.2. The highest BCUT2D eigenvalue weighted by molar-refractivity contribution is 7.88. The minimum atomic E-state index is -3.60. The summed E-state index contributed by atoms with van der Waals surface area (Å²) in [4.78, 5) is 16.0. The molecule has 0 aliphatic carbocycles. The second kappa shape index (κ2) is 8.48. The number of H-pyrrole nitrogens is 1. The van der Waals surface area contributed by atoms with Gasteiger partial charge in [0.2, 0.25) is 10.0 Å². The van der Waals surface area contributed by atoms with Gasteiger partial charge in [-0.2, -0.15) is 4.31 Å². The Morgan fingerprint density at radius 1 is 1.06 bits per heavy atom. The first kappa shape index (κ1) is 22.2. The molecule has 32 heavy (non-hydrogen) atoms. The Morgan fingerprint density at radius 2 is 1.78 bits per heavy atom. The van der Waals surface area contributed by atoms with E-state index in [0.717, 1.165) is 17.2 Å². The smallest absolute Gasteiger partial charge is 0.253 e. The van der Waals surface area contributed by atoms with Gasteiger partial charge >= 0.3 is 0 Å². The van der Waals surface area contributed by atoms with Gasteiger partial charge in [-0.15, -0.1) is 0 Å². The number of ether oxygens (including phenoxy) is 3. The maximum atomic E-state index is 13.1. The number of nitrogens with one attached hydrogen (secondary N) is 1. The Kier molecular flexibility index (Phi) is 5.87. The van der Waals surface area contributed by atoms with Crippen LogP contribution < -0.4 is 19.8 Å². The molecule has 1 aromatic heterocycles. The van der Waals surface area contributed by atoms with E-state index < -0.39 is 16.1 Å². The average Bonchev–Trinajstić information content (AvgIpc) is 2.76. The summed E-state index contributed by atoms with van der Waals surface area (Å²) in [5.41, 5.74) is 2.25. The van der Waals surface area contributed by atoms with Crippen LogP contribution in [0.3, 0.4) is 0 Å². The van der Waals surface area contributed by atoms with E-state index >= 15 is 0 Å². The minimum absolute atomic E-state index is 0.252. The van der Waals surface area contributed by atoms with Crippen molar-refractivity contribution >= 4 is 20.9 Å². The van der Waals surface area contributed by atoms with Crippen molar-refractivity contribution in [1.29, 1.82) is 0 Å². The molecule has 1 aliphatic heterocycles. The molecule has 0 unspecified atom stereocenters. The van der Waals surface area contributed by atoms with Crippen LogP contribution in [0.1, 0.15) is 29.7 Å². The molecule has 9 heteroatoms. The molecule has 170 valence electrons. The molecule has 0 spiro atoms. The van der Waals surface area contributed by atoms with Crippen LogP contribution >= 0.6 is 0 Å². The minimum Gasteiger partial charge on any atom is -0.494 e.